The van der Waals surface area contributed by atoms with E-state index in [0.717, 1.165) is 18.1 Å². The van der Waals surface area contributed by atoms with E-state index in [1.807, 2.05) is 6.20 Å². The Morgan fingerprint density at radius 2 is 2.60 bits per heavy atom. The van der Waals surface area contributed by atoms with Gasteiger partial charge in [0.2, 0.25) is 0 Å². The number of rotatable bonds is 0. The first-order valence-corrected chi connectivity index (χ1v) is 4.70. The average molecular weight is 156 g/mol. The Labute approximate surface area is 62.3 Å². The van der Waals surface area contributed by atoms with Gasteiger partial charge in [0.05, 0.1) is 6.54 Å². The van der Waals surface area contributed by atoms with Gasteiger partial charge < -0.3 is 9.12 Å². The minimum atomic E-state index is -0.663. The van der Waals surface area contributed by atoms with Crippen LogP contribution in [0.2, 0.25) is 0 Å². The Bertz CT molecular complexity index is 235. The molecule has 1 aliphatic rings. The molecule has 3 nitrogen and oxygen atoms in total. The van der Waals surface area contributed by atoms with Crippen LogP contribution >= 0.6 is 0 Å². The zero-order valence-corrected chi connectivity index (χ0v) is 6.30. The number of aryl methyl sites for hydroxylation is 1. The number of hydrogen-bond donors (Lipinski definition) is 0. The molecule has 0 spiro atoms. The van der Waals surface area contributed by atoms with Gasteiger partial charge in [-0.1, -0.05) is 0 Å². The third kappa shape index (κ3) is 0.932. The number of nitrogens with zero attached hydrogens (tertiary/aromatic N) is 2. The third-order valence-corrected chi connectivity index (χ3v) is 2.87. The van der Waals surface area contributed by atoms with Crippen molar-refractivity contribution in [3.8, 4) is 0 Å². The maximum atomic E-state index is 11.0. The van der Waals surface area contributed by atoms with E-state index in [1.54, 1.807) is 6.20 Å². The summed E-state index contributed by atoms with van der Waals surface area (Å²) >= 11 is -0.663. The predicted octanol–water partition coefficient (Wildman–Crippen LogP) is 0.145. The highest BCUT2D eigenvalue weighted by molar-refractivity contribution is 7.90. The van der Waals surface area contributed by atoms with Crippen molar-refractivity contribution < 1.29 is 4.55 Å². The molecule has 0 amide bonds. The van der Waals surface area contributed by atoms with Gasteiger partial charge in [-0.3, -0.25) is 0 Å². The SMILES string of the molecule is [O-][S+]1CCn2ccnc2C1. The van der Waals surface area contributed by atoms with Gasteiger partial charge in [-0.15, -0.1) is 0 Å². The van der Waals surface area contributed by atoms with Crippen LogP contribution < -0.4 is 0 Å². The minimum absolute atomic E-state index is 0.632. The number of hydrogen-bond acceptors (Lipinski definition) is 2. The smallest absolute Gasteiger partial charge is 0.163 e. The molecule has 1 aromatic heterocycles. The molecule has 1 atom stereocenters. The maximum Gasteiger partial charge on any atom is 0.163 e. The van der Waals surface area contributed by atoms with Gasteiger partial charge in [0.25, 0.3) is 0 Å². The molecule has 1 aliphatic heterocycles. The summed E-state index contributed by atoms with van der Waals surface area (Å²) in [6.45, 7) is 0.863. The Hall–Kier alpha value is -0.480. The normalized spacial score (nSPS) is 24.3. The number of imidazole rings is 1. The monoisotopic (exact) mass is 156 g/mol. The molecule has 0 aromatic carbocycles. The van der Waals surface area contributed by atoms with Crippen LogP contribution in [0.3, 0.4) is 0 Å². The predicted molar refractivity (Wildman–Crippen MR) is 38.9 cm³/mol. The summed E-state index contributed by atoms with van der Waals surface area (Å²) < 4.78 is 13.0. The van der Waals surface area contributed by atoms with Crippen LogP contribution in [0.25, 0.3) is 0 Å². The first kappa shape index (κ1) is 6.24. The van der Waals surface area contributed by atoms with Crippen LogP contribution in [0.1, 0.15) is 5.82 Å². The van der Waals surface area contributed by atoms with E-state index in [4.69, 9.17) is 0 Å². The Morgan fingerprint density at radius 1 is 1.70 bits per heavy atom. The second kappa shape index (κ2) is 2.29. The fourth-order valence-corrected chi connectivity index (χ4v) is 2.17. The van der Waals surface area contributed by atoms with E-state index >= 15 is 0 Å². The highest BCUT2D eigenvalue weighted by Gasteiger charge is 2.18. The Balaban J connectivity index is 2.30. The largest absolute Gasteiger partial charge is 0.616 e. The van der Waals surface area contributed by atoms with Crippen molar-refractivity contribution in [2.24, 2.45) is 0 Å². The lowest BCUT2D eigenvalue weighted by Crippen LogP contribution is -2.23. The molecular formula is C6H8N2OS. The van der Waals surface area contributed by atoms with E-state index in [0.29, 0.717) is 5.75 Å². The molecule has 54 valence electrons. The van der Waals surface area contributed by atoms with Crippen LogP contribution in [-0.2, 0) is 23.5 Å². The van der Waals surface area contributed by atoms with E-state index in [2.05, 4.69) is 9.55 Å². The van der Waals surface area contributed by atoms with Crippen molar-refractivity contribution in [2.75, 3.05) is 5.75 Å². The lowest BCUT2D eigenvalue weighted by Gasteiger charge is -2.17. The zero-order chi connectivity index (χ0) is 6.97. The lowest BCUT2D eigenvalue weighted by molar-refractivity contribution is 0.570. The molecule has 2 rings (SSSR count). The van der Waals surface area contributed by atoms with E-state index < -0.39 is 11.2 Å². The summed E-state index contributed by atoms with van der Waals surface area (Å²) in [5.41, 5.74) is 0. The fourth-order valence-electron chi connectivity index (χ4n) is 1.10. The van der Waals surface area contributed by atoms with Gasteiger partial charge in [0.1, 0.15) is 5.75 Å². The molecule has 4 heteroatoms. The van der Waals surface area contributed by atoms with Crippen molar-refractivity contribution in [3.63, 3.8) is 0 Å². The summed E-state index contributed by atoms with van der Waals surface area (Å²) in [6, 6.07) is 0. The van der Waals surface area contributed by atoms with Crippen molar-refractivity contribution in [2.45, 2.75) is 12.3 Å². The molecule has 0 saturated heterocycles. The molecule has 0 saturated carbocycles. The highest BCUT2D eigenvalue weighted by Crippen LogP contribution is 2.11. The molecule has 2 heterocycles. The van der Waals surface area contributed by atoms with Crippen LogP contribution in [0.15, 0.2) is 12.4 Å². The topological polar surface area (TPSA) is 40.9 Å². The summed E-state index contributed by atoms with van der Waals surface area (Å²) in [6.07, 6.45) is 3.70. The molecule has 0 radical (unpaired) electrons. The third-order valence-electron chi connectivity index (χ3n) is 1.65. The van der Waals surface area contributed by atoms with Gasteiger partial charge >= 0.3 is 0 Å². The molecule has 0 fully saturated rings. The standard InChI is InChI=1S/C6H8N2OS/c9-10-4-3-8-2-1-7-6(8)5-10/h1-2H,3-5H2. The molecule has 10 heavy (non-hydrogen) atoms. The van der Waals surface area contributed by atoms with Crippen molar-refractivity contribution in [1.82, 2.24) is 9.55 Å². The molecule has 0 bridgehead atoms. The second-order valence-electron chi connectivity index (χ2n) is 2.33. The Kier molecular flexibility index (Phi) is 1.43. The van der Waals surface area contributed by atoms with Gasteiger partial charge in [-0.2, -0.15) is 0 Å². The Morgan fingerprint density at radius 3 is 3.50 bits per heavy atom. The molecule has 1 unspecified atom stereocenters. The van der Waals surface area contributed by atoms with E-state index in [-0.39, 0.29) is 0 Å². The van der Waals surface area contributed by atoms with Crippen LogP contribution in [0, 0.1) is 0 Å². The van der Waals surface area contributed by atoms with Crippen molar-refractivity contribution in [1.29, 1.82) is 0 Å². The second-order valence-corrected chi connectivity index (χ2v) is 3.90. The molecule has 0 N–H and O–H groups in total. The van der Waals surface area contributed by atoms with Crippen LogP contribution in [0.5, 0.6) is 0 Å². The van der Waals surface area contributed by atoms with E-state index in [9.17, 15) is 4.55 Å². The van der Waals surface area contributed by atoms with Crippen LogP contribution in [0.4, 0.5) is 0 Å². The lowest BCUT2D eigenvalue weighted by atomic mass is 10.6. The average Bonchev–Trinajstić information content (AvgIpc) is 2.33. The molecule has 1 aromatic rings. The summed E-state index contributed by atoms with van der Waals surface area (Å²) in [5, 5.41) is 0. The molecule has 0 aliphatic carbocycles. The summed E-state index contributed by atoms with van der Waals surface area (Å²) in [7, 11) is 0. The first-order chi connectivity index (χ1) is 4.86. The number of aromatic nitrogens is 2. The number of fused-ring (bicyclic) bond motifs is 1. The summed E-state index contributed by atoms with van der Waals surface area (Å²) in [4.78, 5) is 4.08. The van der Waals surface area contributed by atoms with Gasteiger partial charge in [0, 0.05) is 12.4 Å². The van der Waals surface area contributed by atoms with E-state index in [1.165, 1.54) is 0 Å². The van der Waals surface area contributed by atoms with Crippen molar-refractivity contribution >= 4 is 11.2 Å². The quantitative estimate of drug-likeness (QED) is 0.501. The van der Waals surface area contributed by atoms with Gasteiger partial charge in [-0.25, -0.2) is 4.98 Å². The van der Waals surface area contributed by atoms with Crippen molar-refractivity contribution in [3.05, 3.63) is 18.2 Å². The fraction of sp³-hybridized carbons (Fsp3) is 0.500. The van der Waals surface area contributed by atoms with Crippen LogP contribution in [-0.4, -0.2) is 19.9 Å². The highest BCUT2D eigenvalue weighted by atomic mass is 32.2. The molecular weight excluding hydrogens is 148 g/mol. The van der Waals surface area contributed by atoms with Gasteiger partial charge in [0.15, 0.2) is 11.6 Å². The zero-order valence-electron chi connectivity index (χ0n) is 5.49. The summed E-state index contributed by atoms with van der Waals surface area (Å²) in [5.74, 6) is 2.38. The maximum absolute atomic E-state index is 11.0. The van der Waals surface area contributed by atoms with Gasteiger partial charge in [-0.05, 0) is 11.2 Å². The minimum Gasteiger partial charge on any atom is -0.616 e. The first-order valence-electron chi connectivity index (χ1n) is 3.21.